The van der Waals surface area contributed by atoms with E-state index < -0.39 is 0 Å². The van der Waals surface area contributed by atoms with Crippen LogP contribution in [-0.2, 0) is 19.0 Å². The molecule has 6 atom stereocenters. The van der Waals surface area contributed by atoms with Crippen LogP contribution in [0.25, 0.3) is 0 Å². The largest absolute Gasteiger partial charge is 0.381 e. The molecule has 1 aliphatic carbocycles. The summed E-state index contributed by atoms with van der Waals surface area (Å²) in [5.41, 5.74) is 0. The number of fused-ring (bicyclic) bond motifs is 2. The lowest BCUT2D eigenvalue weighted by Crippen LogP contribution is -2.44. The average molecular weight is 267 g/mol. The van der Waals surface area contributed by atoms with Crippen molar-refractivity contribution in [3.63, 3.8) is 0 Å². The Kier molecular flexibility index (Phi) is 2.83. The molecule has 3 heterocycles. The van der Waals surface area contributed by atoms with Crippen LogP contribution in [0.3, 0.4) is 0 Å². The molecule has 0 aromatic carbocycles. The Labute approximate surface area is 113 Å². The third kappa shape index (κ3) is 1.75. The molecule has 0 aromatic heterocycles. The fourth-order valence-electron chi connectivity index (χ4n) is 4.17. The molecule has 4 fully saturated rings. The second kappa shape index (κ2) is 4.43. The topological polar surface area (TPSA) is 48.0 Å². The highest BCUT2D eigenvalue weighted by Crippen LogP contribution is 2.52. The second-order valence-electron chi connectivity index (χ2n) is 6.20. The standard InChI is InChI=1S/C14H21NO4/c1-17-11-5-15(10-3-2-4-19-13(10)11)14(16)12-8-6-18-7-9(8)12/h8-13H,2-7H2,1H3/t8-,9+,10-,11+,12?,13+/m1/s1. The van der Waals surface area contributed by atoms with Crippen LogP contribution in [0.4, 0.5) is 0 Å². The Bertz CT molecular complexity index is 378. The van der Waals surface area contributed by atoms with E-state index in [9.17, 15) is 4.79 Å². The fraction of sp³-hybridized carbons (Fsp3) is 0.929. The van der Waals surface area contributed by atoms with Gasteiger partial charge in [0.2, 0.25) is 5.91 Å². The van der Waals surface area contributed by atoms with Gasteiger partial charge in [-0.05, 0) is 24.7 Å². The quantitative estimate of drug-likeness (QED) is 0.721. The van der Waals surface area contributed by atoms with E-state index in [-0.39, 0.29) is 24.2 Å². The van der Waals surface area contributed by atoms with Gasteiger partial charge in [0.05, 0.1) is 19.3 Å². The van der Waals surface area contributed by atoms with Crippen LogP contribution in [0, 0.1) is 17.8 Å². The predicted octanol–water partition coefficient (Wildman–Crippen LogP) is 0.284. The summed E-state index contributed by atoms with van der Waals surface area (Å²) in [7, 11) is 1.72. The smallest absolute Gasteiger partial charge is 0.226 e. The van der Waals surface area contributed by atoms with Gasteiger partial charge in [0.15, 0.2) is 0 Å². The first-order valence-corrected chi connectivity index (χ1v) is 7.34. The van der Waals surface area contributed by atoms with Gasteiger partial charge in [0, 0.05) is 26.2 Å². The number of likely N-dealkylation sites (tertiary alicyclic amines) is 1. The molecule has 1 saturated carbocycles. The highest BCUT2D eigenvalue weighted by atomic mass is 16.5. The van der Waals surface area contributed by atoms with E-state index >= 15 is 0 Å². The Morgan fingerprint density at radius 3 is 2.84 bits per heavy atom. The number of carbonyl (C=O) groups excluding carboxylic acids is 1. The molecule has 0 spiro atoms. The van der Waals surface area contributed by atoms with Crippen LogP contribution in [0.1, 0.15) is 12.8 Å². The van der Waals surface area contributed by atoms with E-state index in [1.807, 2.05) is 4.90 Å². The van der Waals surface area contributed by atoms with Crippen molar-refractivity contribution in [1.82, 2.24) is 4.90 Å². The van der Waals surface area contributed by atoms with Crippen molar-refractivity contribution in [2.75, 3.05) is 33.5 Å². The number of hydrogen-bond donors (Lipinski definition) is 0. The minimum absolute atomic E-state index is 0.0455. The molecule has 1 amide bonds. The van der Waals surface area contributed by atoms with Gasteiger partial charge in [-0.1, -0.05) is 0 Å². The van der Waals surface area contributed by atoms with Crippen LogP contribution < -0.4 is 0 Å². The van der Waals surface area contributed by atoms with E-state index in [1.165, 1.54) is 0 Å². The number of carbonyl (C=O) groups is 1. The normalized spacial score (nSPS) is 47.9. The first-order valence-electron chi connectivity index (χ1n) is 7.34. The molecule has 5 heteroatoms. The molecule has 19 heavy (non-hydrogen) atoms. The molecule has 0 bridgehead atoms. The zero-order valence-corrected chi connectivity index (χ0v) is 11.3. The molecule has 4 aliphatic rings. The summed E-state index contributed by atoms with van der Waals surface area (Å²) < 4.78 is 16.7. The molecule has 106 valence electrons. The summed E-state index contributed by atoms with van der Waals surface area (Å²) in [5.74, 6) is 1.50. The number of ether oxygens (including phenoxy) is 3. The molecule has 0 aromatic rings. The SMILES string of the molecule is CO[C@H]1CN(C(=O)C2[C@H]3COC[C@@H]23)[C@@H]2CCCO[C@H]12. The highest BCUT2D eigenvalue weighted by molar-refractivity contribution is 5.83. The van der Waals surface area contributed by atoms with Gasteiger partial charge in [-0.3, -0.25) is 4.79 Å². The second-order valence-corrected chi connectivity index (χ2v) is 6.20. The molecule has 4 rings (SSSR count). The van der Waals surface area contributed by atoms with Gasteiger partial charge in [-0.15, -0.1) is 0 Å². The van der Waals surface area contributed by atoms with E-state index in [4.69, 9.17) is 14.2 Å². The predicted molar refractivity (Wildman–Crippen MR) is 66.6 cm³/mol. The van der Waals surface area contributed by atoms with Gasteiger partial charge < -0.3 is 19.1 Å². The number of amides is 1. The van der Waals surface area contributed by atoms with Crippen molar-refractivity contribution in [3.8, 4) is 0 Å². The third-order valence-corrected chi connectivity index (χ3v) is 5.30. The molecule has 3 aliphatic heterocycles. The van der Waals surface area contributed by atoms with Crippen molar-refractivity contribution in [3.05, 3.63) is 0 Å². The van der Waals surface area contributed by atoms with Gasteiger partial charge in [-0.25, -0.2) is 0 Å². The maximum absolute atomic E-state index is 12.7. The summed E-state index contributed by atoms with van der Waals surface area (Å²) in [6, 6.07) is 0.230. The fourth-order valence-corrected chi connectivity index (χ4v) is 4.17. The summed E-state index contributed by atoms with van der Waals surface area (Å²) in [6.07, 6.45) is 2.22. The number of nitrogens with zero attached hydrogens (tertiary/aromatic N) is 1. The van der Waals surface area contributed by atoms with Gasteiger partial charge in [0.1, 0.15) is 12.2 Å². The first-order chi connectivity index (χ1) is 9.31. The molecule has 5 nitrogen and oxygen atoms in total. The number of methoxy groups -OCH3 is 1. The first kappa shape index (κ1) is 12.1. The molecule has 1 unspecified atom stereocenters. The zero-order chi connectivity index (χ0) is 13.0. The van der Waals surface area contributed by atoms with Crippen LogP contribution in [0.15, 0.2) is 0 Å². The van der Waals surface area contributed by atoms with E-state index in [0.717, 1.165) is 32.7 Å². The molecule has 0 N–H and O–H groups in total. The maximum atomic E-state index is 12.7. The van der Waals surface area contributed by atoms with Crippen molar-refractivity contribution in [2.45, 2.75) is 31.1 Å². The molecule has 3 saturated heterocycles. The molecule has 0 radical (unpaired) electrons. The van der Waals surface area contributed by atoms with Crippen molar-refractivity contribution >= 4 is 5.91 Å². The maximum Gasteiger partial charge on any atom is 0.226 e. The van der Waals surface area contributed by atoms with Gasteiger partial charge in [-0.2, -0.15) is 0 Å². The molecular formula is C14H21NO4. The van der Waals surface area contributed by atoms with Gasteiger partial charge in [0.25, 0.3) is 0 Å². The molecular weight excluding hydrogens is 246 g/mol. The summed E-state index contributed by atoms with van der Waals surface area (Å²) in [4.78, 5) is 14.7. The average Bonchev–Trinajstić information content (AvgIpc) is 2.81. The Morgan fingerprint density at radius 2 is 2.11 bits per heavy atom. The van der Waals surface area contributed by atoms with E-state index in [0.29, 0.717) is 24.3 Å². The monoisotopic (exact) mass is 267 g/mol. The highest BCUT2D eigenvalue weighted by Gasteiger charge is 2.61. The summed E-state index contributed by atoms with van der Waals surface area (Å²) in [6.45, 7) is 3.04. The minimum Gasteiger partial charge on any atom is -0.381 e. The van der Waals surface area contributed by atoms with E-state index in [2.05, 4.69) is 0 Å². The lowest BCUT2D eigenvalue weighted by Gasteiger charge is -2.32. The zero-order valence-electron chi connectivity index (χ0n) is 11.3. The lowest BCUT2D eigenvalue weighted by molar-refractivity contribution is -0.137. The van der Waals surface area contributed by atoms with Crippen molar-refractivity contribution in [1.29, 1.82) is 0 Å². The minimum atomic E-state index is 0.0455. The third-order valence-electron chi connectivity index (χ3n) is 5.30. The van der Waals surface area contributed by atoms with Gasteiger partial charge >= 0.3 is 0 Å². The number of rotatable bonds is 2. The van der Waals surface area contributed by atoms with Crippen LogP contribution in [0.5, 0.6) is 0 Å². The van der Waals surface area contributed by atoms with Crippen molar-refractivity contribution in [2.24, 2.45) is 17.8 Å². The lowest BCUT2D eigenvalue weighted by atomic mass is 10.0. The van der Waals surface area contributed by atoms with Crippen LogP contribution in [-0.4, -0.2) is 62.5 Å². The summed E-state index contributed by atoms with van der Waals surface area (Å²) >= 11 is 0. The van der Waals surface area contributed by atoms with E-state index in [1.54, 1.807) is 7.11 Å². The summed E-state index contributed by atoms with van der Waals surface area (Å²) in [5, 5.41) is 0. The Balaban J connectivity index is 1.49. The van der Waals surface area contributed by atoms with Crippen molar-refractivity contribution < 1.29 is 19.0 Å². The number of hydrogen-bond acceptors (Lipinski definition) is 4. The Morgan fingerprint density at radius 1 is 1.32 bits per heavy atom. The van der Waals surface area contributed by atoms with Crippen LogP contribution in [0.2, 0.25) is 0 Å². The van der Waals surface area contributed by atoms with Crippen LogP contribution >= 0.6 is 0 Å². The Hall–Kier alpha value is -0.650.